The number of carbonyl (C=O) groups is 1. The summed E-state index contributed by atoms with van der Waals surface area (Å²) in [5.41, 5.74) is 4.64. The maximum absolute atomic E-state index is 12.8. The van der Waals surface area contributed by atoms with E-state index < -0.39 is 32.7 Å². The number of alkyl halides is 3. The van der Waals surface area contributed by atoms with E-state index in [1.807, 2.05) is 0 Å². The number of halogens is 3. The smallest absolute Gasteiger partial charge is 0.383 e. The lowest BCUT2D eigenvalue weighted by Crippen LogP contribution is -2.55. The Morgan fingerprint density at radius 1 is 1.27 bits per heavy atom. The van der Waals surface area contributed by atoms with Crippen LogP contribution in [0, 0.1) is 0 Å². The largest absolute Gasteiger partial charge is 0.416 e. The van der Waals surface area contributed by atoms with Crippen LogP contribution in [0.5, 0.6) is 0 Å². The standard InChI is InChI=1S/C15H20F3N3O4S/c1-25-10-13(19)14(22)20-5-7-21(8-6-20)26(23,24)12-4-2-3-11(9-12)15(16,17)18/h2-4,9,13H,5-8,10,19H2,1H3. The number of piperazine rings is 1. The number of nitrogens with zero attached hydrogens (tertiary/aromatic N) is 2. The quantitative estimate of drug-likeness (QED) is 0.784. The summed E-state index contributed by atoms with van der Waals surface area (Å²) in [4.78, 5) is 13.1. The number of hydrogen-bond acceptors (Lipinski definition) is 5. The van der Waals surface area contributed by atoms with Crippen molar-refractivity contribution in [3.05, 3.63) is 29.8 Å². The first kappa shape index (κ1) is 20.6. The Balaban J connectivity index is 2.10. The lowest BCUT2D eigenvalue weighted by atomic mass is 10.2. The van der Waals surface area contributed by atoms with Crippen molar-refractivity contribution in [3.63, 3.8) is 0 Å². The molecule has 0 bridgehead atoms. The molecular formula is C15H20F3N3O4S. The normalized spacial score (nSPS) is 18.0. The number of rotatable bonds is 5. The summed E-state index contributed by atoms with van der Waals surface area (Å²) in [6, 6.07) is 2.76. The Morgan fingerprint density at radius 2 is 1.88 bits per heavy atom. The van der Waals surface area contributed by atoms with Crippen LogP contribution in [0.15, 0.2) is 29.2 Å². The number of ether oxygens (including phenoxy) is 1. The van der Waals surface area contributed by atoms with E-state index in [4.69, 9.17) is 10.5 Å². The molecule has 1 aromatic rings. The zero-order valence-electron chi connectivity index (χ0n) is 14.1. The number of methoxy groups -OCH3 is 1. The predicted octanol–water partition coefficient (Wildman–Crippen LogP) is 0.512. The number of carbonyl (C=O) groups excluding carboxylic acids is 1. The molecule has 0 aliphatic carbocycles. The third-order valence-electron chi connectivity index (χ3n) is 4.01. The minimum Gasteiger partial charge on any atom is -0.383 e. The zero-order chi connectivity index (χ0) is 19.5. The van der Waals surface area contributed by atoms with Crippen molar-refractivity contribution in [2.24, 2.45) is 5.73 Å². The van der Waals surface area contributed by atoms with Gasteiger partial charge in [0, 0.05) is 33.3 Å². The average Bonchev–Trinajstić information content (AvgIpc) is 2.61. The van der Waals surface area contributed by atoms with Gasteiger partial charge in [-0.1, -0.05) is 6.07 Å². The van der Waals surface area contributed by atoms with Crippen LogP contribution >= 0.6 is 0 Å². The molecule has 11 heteroatoms. The molecule has 1 heterocycles. The molecule has 0 aromatic heterocycles. The number of hydrogen-bond donors (Lipinski definition) is 1. The van der Waals surface area contributed by atoms with E-state index in [0.717, 1.165) is 22.5 Å². The molecule has 1 aliphatic rings. The first-order valence-corrected chi connectivity index (χ1v) is 9.22. The van der Waals surface area contributed by atoms with Crippen LogP contribution < -0.4 is 5.73 Å². The summed E-state index contributed by atoms with van der Waals surface area (Å²) >= 11 is 0. The zero-order valence-corrected chi connectivity index (χ0v) is 14.9. The van der Waals surface area contributed by atoms with Crippen LogP contribution in [-0.2, 0) is 25.7 Å². The Morgan fingerprint density at radius 3 is 2.42 bits per heavy atom. The van der Waals surface area contributed by atoms with Crippen molar-refractivity contribution in [2.45, 2.75) is 17.1 Å². The SMILES string of the molecule is COCC(N)C(=O)N1CCN(S(=O)(=O)c2cccc(C(F)(F)F)c2)CC1. The molecule has 1 amide bonds. The summed E-state index contributed by atoms with van der Waals surface area (Å²) in [5.74, 6) is -0.358. The molecule has 1 aliphatic heterocycles. The number of sulfonamides is 1. The Labute approximate surface area is 149 Å². The summed E-state index contributed by atoms with van der Waals surface area (Å²) in [6.45, 7) is 0.207. The molecule has 1 fully saturated rings. The second-order valence-electron chi connectivity index (χ2n) is 5.82. The number of nitrogens with two attached hydrogens (primary N) is 1. The number of amides is 1. The minimum absolute atomic E-state index is 0.0238. The third-order valence-corrected chi connectivity index (χ3v) is 5.91. The van der Waals surface area contributed by atoms with Crippen LogP contribution in [0.3, 0.4) is 0 Å². The maximum Gasteiger partial charge on any atom is 0.416 e. The monoisotopic (exact) mass is 395 g/mol. The van der Waals surface area contributed by atoms with E-state index in [1.165, 1.54) is 12.0 Å². The fraction of sp³-hybridized carbons (Fsp3) is 0.533. The Bertz CT molecular complexity index is 747. The summed E-state index contributed by atoms with van der Waals surface area (Å²) in [7, 11) is -2.68. The van der Waals surface area contributed by atoms with Gasteiger partial charge in [-0.15, -0.1) is 0 Å². The molecule has 2 rings (SSSR count). The first-order chi connectivity index (χ1) is 12.1. The molecule has 1 aromatic carbocycles. The van der Waals surface area contributed by atoms with Crippen LogP contribution in [0.4, 0.5) is 13.2 Å². The van der Waals surface area contributed by atoms with Gasteiger partial charge < -0.3 is 15.4 Å². The molecule has 1 saturated heterocycles. The molecule has 2 N–H and O–H groups in total. The van der Waals surface area contributed by atoms with Crippen molar-refractivity contribution >= 4 is 15.9 Å². The fourth-order valence-corrected chi connectivity index (χ4v) is 4.08. The molecule has 146 valence electrons. The van der Waals surface area contributed by atoms with Crippen molar-refractivity contribution in [1.29, 1.82) is 0 Å². The van der Waals surface area contributed by atoms with Gasteiger partial charge in [-0.25, -0.2) is 8.42 Å². The second-order valence-corrected chi connectivity index (χ2v) is 7.75. The van der Waals surface area contributed by atoms with Crippen molar-refractivity contribution < 1.29 is 31.1 Å². The Kier molecular flexibility index (Phi) is 6.27. The molecule has 7 nitrogen and oxygen atoms in total. The highest BCUT2D eigenvalue weighted by Crippen LogP contribution is 2.31. The lowest BCUT2D eigenvalue weighted by molar-refractivity contribution is -0.138. The second kappa shape index (κ2) is 7.91. The highest BCUT2D eigenvalue weighted by molar-refractivity contribution is 7.89. The highest BCUT2D eigenvalue weighted by Gasteiger charge is 2.35. The molecular weight excluding hydrogens is 375 g/mol. The molecule has 26 heavy (non-hydrogen) atoms. The van der Waals surface area contributed by atoms with Gasteiger partial charge in [0.05, 0.1) is 17.1 Å². The van der Waals surface area contributed by atoms with Crippen molar-refractivity contribution in [2.75, 3.05) is 39.9 Å². The van der Waals surface area contributed by atoms with Gasteiger partial charge in [0.2, 0.25) is 15.9 Å². The van der Waals surface area contributed by atoms with Gasteiger partial charge in [-0.05, 0) is 18.2 Å². The lowest BCUT2D eigenvalue weighted by Gasteiger charge is -2.35. The Hall–Kier alpha value is -1.69. The maximum atomic E-state index is 12.8. The van der Waals surface area contributed by atoms with Gasteiger partial charge >= 0.3 is 6.18 Å². The van der Waals surface area contributed by atoms with Crippen LogP contribution in [0.25, 0.3) is 0 Å². The summed E-state index contributed by atoms with van der Waals surface area (Å²) < 4.78 is 69.5. The van der Waals surface area contributed by atoms with Crippen LogP contribution in [0.2, 0.25) is 0 Å². The summed E-state index contributed by atoms with van der Waals surface area (Å²) in [5, 5.41) is 0. The van der Waals surface area contributed by atoms with Crippen LogP contribution in [-0.4, -0.2) is 69.5 Å². The molecule has 1 unspecified atom stereocenters. The topological polar surface area (TPSA) is 92.9 Å². The molecule has 0 spiro atoms. The molecule has 0 radical (unpaired) electrons. The first-order valence-electron chi connectivity index (χ1n) is 7.78. The minimum atomic E-state index is -4.63. The van der Waals surface area contributed by atoms with Crippen LogP contribution in [0.1, 0.15) is 5.56 Å². The third kappa shape index (κ3) is 4.53. The van der Waals surface area contributed by atoms with Gasteiger partial charge in [0.25, 0.3) is 0 Å². The van der Waals surface area contributed by atoms with E-state index in [0.29, 0.717) is 6.07 Å². The van der Waals surface area contributed by atoms with E-state index in [1.54, 1.807) is 0 Å². The highest BCUT2D eigenvalue weighted by atomic mass is 32.2. The van der Waals surface area contributed by atoms with E-state index in [2.05, 4.69) is 0 Å². The number of benzene rings is 1. The molecule has 1 atom stereocenters. The van der Waals surface area contributed by atoms with Crippen molar-refractivity contribution in [3.8, 4) is 0 Å². The fourth-order valence-electron chi connectivity index (χ4n) is 2.62. The van der Waals surface area contributed by atoms with Crippen molar-refractivity contribution in [1.82, 2.24) is 9.21 Å². The van der Waals surface area contributed by atoms with Gasteiger partial charge in [0.15, 0.2) is 0 Å². The van der Waals surface area contributed by atoms with E-state index >= 15 is 0 Å². The van der Waals surface area contributed by atoms with Gasteiger partial charge in [-0.3, -0.25) is 4.79 Å². The van der Waals surface area contributed by atoms with Gasteiger partial charge in [0.1, 0.15) is 6.04 Å². The van der Waals surface area contributed by atoms with E-state index in [-0.39, 0.29) is 38.7 Å². The predicted molar refractivity (Wildman–Crippen MR) is 86.6 cm³/mol. The van der Waals surface area contributed by atoms with Gasteiger partial charge in [-0.2, -0.15) is 17.5 Å². The van der Waals surface area contributed by atoms with E-state index in [9.17, 15) is 26.4 Å². The molecule has 0 saturated carbocycles. The average molecular weight is 395 g/mol. The summed E-state index contributed by atoms with van der Waals surface area (Å²) in [6.07, 6.45) is -4.63.